The molecule has 0 saturated heterocycles. The van der Waals surface area contributed by atoms with Gasteiger partial charge in [-0.25, -0.2) is 4.79 Å². The van der Waals surface area contributed by atoms with Crippen molar-refractivity contribution in [3.05, 3.63) is 42.1 Å². The Kier molecular flexibility index (Phi) is 5.67. The molecular weight excluding hydrogens is 344 g/mol. The highest BCUT2D eigenvalue weighted by atomic mass is 16.6. The van der Waals surface area contributed by atoms with E-state index >= 15 is 0 Å². The Morgan fingerprint density at radius 3 is 2.70 bits per heavy atom. The second-order valence-corrected chi connectivity index (χ2v) is 6.00. The zero-order valence-corrected chi connectivity index (χ0v) is 15.2. The molecule has 0 saturated carbocycles. The Morgan fingerprint density at radius 2 is 1.96 bits per heavy atom. The first-order chi connectivity index (χ1) is 13.2. The van der Waals surface area contributed by atoms with Crippen LogP contribution < -0.4 is 4.74 Å². The first-order valence-corrected chi connectivity index (χ1v) is 8.84. The lowest BCUT2D eigenvalue weighted by atomic mass is 10.0. The van der Waals surface area contributed by atoms with Gasteiger partial charge in [-0.1, -0.05) is 31.5 Å². The molecule has 3 rings (SSSR count). The summed E-state index contributed by atoms with van der Waals surface area (Å²) in [5.41, 5.74) is 1.58. The number of rotatable bonds is 7. The van der Waals surface area contributed by atoms with Gasteiger partial charge in [0.15, 0.2) is 11.8 Å². The summed E-state index contributed by atoms with van der Waals surface area (Å²) in [6, 6.07) is 13.4. The summed E-state index contributed by atoms with van der Waals surface area (Å²) in [6.07, 6.45) is 0.804. The van der Waals surface area contributed by atoms with E-state index < -0.39 is 6.10 Å². The third-order valence-corrected chi connectivity index (χ3v) is 4.12. The molecule has 1 heterocycles. The van der Waals surface area contributed by atoms with Gasteiger partial charge in [-0.15, -0.1) is 5.10 Å². The first kappa shape index (κ1) is 18.4. The van der Waals surface area contributed by atoms with Crippen molar-refractivity contribution >= 4 is 16.7 Å². The van der Waals surface area contributed by atoms with Crippen LogP contribution in [0.25, 0.3) is 22.0 Å². The quantitative estimate of drug-likeness (QED) is 0.643. The highest BCUT2D eigenvalue weighted by Crippen LogP contribution is 2.28. The Bertz CT molecular complexity index is 990. The van der Waals surface area contributed by atoms with Gasteiger partial charge in [-0.3, -0.25) is 0 Å². The van der Waals surface area contributed by atoms with Gasteiger partial charge >= 0.3 is 5.97 Å². The van der Waals surface area contributed by atoms with Crippen molar-refractivity contribution in [3.8, 4) is 23.1 Å². The fraction of sp³-hybridized carbons (Fsp3) is 0.300. The second kappa shape index (κ2) is 8.32. The van der Waals surface area contributed by atoms with Crippen LogP contribution in [0.4, 0.5) is 0 Å². The largest absolute Gasteiger partial charge is 0.479 e. The average Bonchev–Trinajstić information content (AvgIpc) is 3.16. The third kappa shape index (κ3) is 4.06. The van der Waals surface area contributed by atoms with E-state index in [9.17, 15) is 4.79 Å². The van der Waals surface area contributed by atoms with Crippen LogP contribution in [-0.2, 0) is 9.53 Å². The van der Waals surface area contributed by atoms with Crippen LogP contribution in [0.5, 0.6) is 5.75 Å². The van der Waals surface area contributed by atoms with Crippen molar-refractivity contribution in [2.75, 3.05) is 6.61 Å². The van der Waals surface area contributed by atoms with Crippen LogP contribution >= 0.6 is 0 Å². The molecule has 1 aromatic heterocycles. The molecule has 0 aliphatic heterocycles. The van der Waals surface area contributed by atoms with Crippen LogP contribution in [0, 0.1) is 11.3 Å². The number of hydrogen-bond donors (Lipinski definition) is 1. The van der Waals surface area contributed by atoms with Crippen LogP contribution in [0.3, 0.4) is 0 Å². The molecule has 7 nitrogen and oxygen atoms in total. The number of ether oxygens (including phenoxy) is 2. The highest BCUT2D eigenvalue weighted by Gasteiger charge is 2.21. The lowest BCUT2D eigenvalue weighted by Crippen LogP contribution is -2.29. The third-order valence-electron chi connectivity index (χ3n) is 4.12. The van der Waals surface area contributed by atoms with Gasteiger partial charge in [0.25, 0.3) is 0 Å². The number of carbonyl (C=O) groups is 1. The molecular formula is C20H20N4O3. The molecule has 3 aromatic rings. The van der Waals surface area contributed by atoms with Gasteiger partial charge in [-0.2, -0.15) is 15.6 Å². The van der Waals surface area contributed by atoms with E-state index in [4.69, 9.17) is 14.7 Å². The fourth-order valence-electron chi connectivity index (χ4n) is 2.84. The molecule has 7 heteroatoms. The maximum absolute atomic E-state index is 12.0. The molecule has 0 aliphatic carbocycles. The van der Waals surface area contributed by atoms with Crippen molar-refractivity contribution in [2.24, 2.45) is 0 Å². The van der Waals surface area contributed by atoms with Gasteiger partial charge in [-0.05, 0) is 42.3 Å². The zero-order valence-electron chi connectivity index (χ0n) is 15.2. The number of aromatic amines is 1. The van der Waals surface area contributed by atoms with E-state index in [1.54, 1.807) is 6.92 Å². The summed E-state index contributed by atoms with van der Waals surface area (Å²) in [6.45, 7) is 4.10. The van der Waals surface area contributed by atoms with Crippen molar-refractivity contribution in [1.29, 1.82) is 5.26 Å². The van der Waals surface area contributed by atoms with Crippen molar-refractivity contribution in [2.45, 2.75) is 32.8 Å². The van der Waals surface area contributed by atoms with Crippen LogP contribution in [0.2, 0.25) is 0 Å². The summed E-state index contributed by atoms with van der Waals surface area (Å²) in [4.78, 5) is 12.0. The van der Waals surface area contributed by atoms with Gasteiger partial charge in [0, 0.05) is 5.56 Å². The molecule has 2 aromatic carbocycles. The van der Waals surface area contributed by atoms with Gasteiger partial charge in [0.05, 0.1) is 6.61 Å². The summed E-state index contributed by atoms with van der Waals surface area (Å²) >= 11 is 0. The average molecular weight is 364 g/mol. The number of nitrogens with one attached hydrogen (secondary N) is 1. The molecule has 0 bridgehead atoms. The molecule has 0 radical (unpaired) electrons. The first-order valence-electron chi connectivity index (χ1n) is 8.84. The number of fused-ring (bicyclic) bond motifs is 1. The topological polar surface area (TPSA) is 101 Å². The standard InChI is InChI=1S/C20H20N4O3/c1-3-5-18(20(25)26-4-2)27-16-9-8-13-10-15(7-6-14(13)11-16)19-17(12-21)22-24-23-19/h6-11,18H,3-5H2,1-2H3,(H,22,23,24). The number of nitriles is 1. The normalized spacial score (nSPS) is 11.7. The van der Waals surface area contributed by atoms with Gasteiger partial charge in [0.2, 0.25) is 0 Å². The number of benzene rings is 2. The Morgan fingerprint density at radius 1 is 1.19 bits per heavy atom. The molecule has 1 N–H and O–H groups in total. The number of aromatic nitrogens is 3. The maximum atomic E-state index is 12.0. The van der Waals surface area contributed by atoms with E-state index in [2.05, 4.69) is 15.4 Å². The molecule has 138 valence electrons. The van der Waals surface area contributed by atoms with E-state index in [1.807, 2.05) is 49.4 Å². The van der Waals surface area contributed by atoms with Crippen molar-refractivity contribution in [3.63, 3.8) is 0 Å². The molecule has 0 amide bonds. The van der Waals surface area contributed by atoms with Gasteiger partial charge in [0.1, 0.15) is 17.5 Å². The van der Waals surface area contributed by atoms with Crippen molar-refractivity contribution in [1.82, 2.24) is 15.4 Å². The van der Waals surface area contributed by atoms with E-state index in [-0.39, 0.29) is 11.7 Å². The predicted octanol–water partition coefficient (Wildman–Crippen LogP) is 3.61. The number of nitrogens with zero attached hydrogens (tertiary/aromatic N) is 3. The number of H-pyrrole nitrogens is 1. The van der Waals surface area contributed by atoms with Crippen LogP contribution in [-0.4, -0.2) is 34.1 Å². The second-order valence-electron chi connectivity index (χ2n) is 6.00. The summed E-state index contributed by atoms with van der Waals surface area (Å²) in [7, 11) is 0. The molecule has 0 spiro atoms. The molecule has 27 heavy (non-hydrogen) atoms. The van der Waals surface area contributed by atoms with E-state index in [1.165, 1.54) is 0 Å². The Labute approximate surface area is 156 Å². The molecule has 1 atom stereocenters. The number of hydrogen-bond acceptors (Lipinski definition) is 6. The fourth-order valence-corrected chi connectivity index (χ4v) is 2.84. The van der Waals surface area contributed by atoms with E-state index in [0.717, 1.165) is 22.8 Å². The number of carbonyl (C=O) groups excluding carboxylic acids is 1. The molecule has 1 unspecified atom stereocenters. The summed E-state index contributed by atoms with van der Waals surface area (Å²) < 4.78 is 11.0. The Balaban J connectivity index is 1.86. The highest BCUT2D eigenvalue weighted by molar-refractivity contribution is 5.88. The smallest absolute Gasteiger partial charge is 0.347 e. The SMILES string of the molecule is CCCC(Oc1ccc2cc(-c3n[nH]nc3C#N)ccc2c1)C(=O)OCC. The van der Waals surface area contributed by atoms with Gasteiger partial charge < -0.3 is 9.47 Å². The minimum Gasteiger partial charge on any atom is -0.479 e. The van der Waals surface area contributed by atoms with Crippen LogP contribution in [0.15, 0.2) is 36.4 Å². The monoisotopic (exact) mass is 364 g/mol. The molecule has 0 fully saturated rings. The zero-order chi connectivity index (χ0) is 19.2. The lowest BCUT2D eigenvalue weighted by Gasteiger charge is -2.17. The van der Waals surface area contributed by atoms with Crippen molar-refractivity contribution < 1.29 is 14.3 Å². The Hall–Kier alpha value is -3.40. The minimum absolute atomic E-state index is 0.256. The number of esters is 1. The molecule has 0 aliphatic rings. The maximum Gasteiger partial charge on any atom is 0.347 e. The predicted molar refractivity (Wildman–Crippen MR) is 100.0 cm³/mol. The lowest BCUT2D eigenvalue weighted by molar-refractivity contribution is -0.151. The van der Waals surface area contributed by atoms with Crippen LogP contribution in [0.1, 0.15) is 32.4 Å². The summed E-state index contributed by atoms with van der Waals surface area (Å²) in [5.74, 6) is 0.269. The minimum atomic E-state index is -0.611. The summed E-state index contributed by atoms with van der Waals surface area (Å²) in [5, 5.41) is 21.4. The van der Waals surface area contributed by atoms with E-state index in [0.29, 0.717) is 24.5 Å².